The molecule has 0 aliphatic rings. The van der Waals surface area contributed by atoms with E-state index in [1.165, 1.54) is 12.1 Å². The molecule has 1 nitrogen and oxygen atoms in total. The average molecular weight is 192 g/mol. The summed E-state index contributed by atoms with van der Waals surface area (Å²) in [6, 6.07) is 4.36. The van der Waals surface area contributed by atoms with E-state index >= 15 is 0 Å². The van der Waals surface area contributed by atoms with Gasteiger partial charge in [0.15, 0.2) is 11.6 Å². The maximum atomic E-state index is 12.7. The summed E-state index contributed by atoms with van der Waals surface area (Å²) in [5.74, 6) is -0.569. The van der Waals surface area contributed by atoms with Crippen molar-refractivity contribution in [2.24, 2.45) is 0 Å². The molecule has 0 atom stereocenters. The molecule has 0 aliphatic heterocycles. The average Bonchev–Trinajstić information content (AvgIpc) is 2.14. The van der Waals surface area contributed by atoms with E-state index in [2.05, 4.69) is 4.74 Å². The largest absolute Gasteiger partial charge is 0.460 e. The monoisotopic (exact) mass is 192 g/mol. The zero-order valence-electron chi connectivity index (χ0n) is 7.48. The van der Waals surface area contributed by atoms with Crippen LogP contribution in [0.5, 0.6) is 5.75 Å². The van der Waals surface area contributed by atoms with Gasteiger partial charge in [-0.2, -0.15) is 0 Å². The van der Waals surface area contributed by atoms with Crippen molar-refractivity contribution in [1.82, 2.24) is 0 Å². The number of rotatable bonds is 2. The first-order valence-corrected chi connectivity index (χ1v) is 3.57. The molecular formula is C9H11F3O. The van der Waals surface area contributed by atoms with E-state index in [9.17, 15) is 13.2 Å². The Bertz CT molecular complexity index is 251. The molecular weight excluding hydrogens is 181 g/mol. The third-order valence-electron chi connectivity index (χ3n) is 1.30. The second-order valence-corrected chi connectivity index (χ2v) is 2.19. The lowest BCUT2D eigenvalue weighted by atomic mass is 10.2. The summed E-state index contributed by atoms with van der Waals surface area (Å²) in [6.45, 7) is 0.752. The van der Waals surface area contributed by atoms with Crippen LogP contribution >= 0.6 is 0 Å². The topological polar surface area (TPSA) is 9.23 Å². The minimum Gasteiger partial charge on any atom is -0.460 e. The van der Waals surface area contributed by atoms with E-state index in [0.717, 1.165) is 5.56 Å². The summed E-state index contributed by atoms with van der Waals surface area (Å²) < 4.78 is 38.2. The van der Waals surface area contributed by atoms with E-state index in [1.54, 1.807) is 13.0 Å². The molecule has 0 heterocycles. The van der Waals surface area contributed by atoms with Crippen molar-refractivity contribution in [2.45, 2.75) is 6.92 Å². The van der Waals surface area contributed by atoms with Gasteiger partial charge in [0.2, 0.25) is 6.86 Å². The third-order valence-corrected chi connectivity index (χ3v) is 1.30. The van der Waals surface area contributed by atoms with Gasteiger partial charge in [0.05, 0.1) is 7.18 Å². The molecule has 0 radical (unpaired) electrons. The number of aryl methyl sites for hydroxylation is 1. The highest BCUT2D eigenvalue weighted by Gasteiger charge is 2.01. The Hall–Kier alpha value is -1.19. The fourth-order valence-electron chi connectivity index (χ4n) is 0.782. The SMILES string of the molecule is CF.Cc1ccc(OCF)c(F)c1. The van der Waals surface area contributed by atoms with Crippen molar-refractivity contribution in [3.63, 3.8) is 0 Å². The molecule has 1 aromatic rings. The molecule has 0 unspecified atom stereocenters. The van der Waals surface area contributed by atoms with Crippen molar-refractivity contribution in [2.75, 3.05) is 14.0 Å². The van der Waals surface area contributed by atoms with Gasteiger partial charge in [-0.3, -0.25) is 4.39 Å². The van der Waals surface area contributed by atoms with Crippen molar-refractivity contribution >= 4 is 0 Å². The molecule has 1 aromatic carbocycles. The summed E-state index contributed by atoms with van der Waals surface area (Å²) >= 11 is 0. The standard InChI is InChI=1S/C8H8F2O.CH3F/c1-6-2-3-8(11-5-9)7(10)4-6;1-2/h2-4H,5H2,1H3;1H3. The number of alkyl halides is 2. The fourth-order valence-corrected chi connectivity index (χ4v) is 0.782. The van der Waals surface area contributed by atoms with E-state index in [0.29, 0.717) is 7.18 Å². The first-order chi connectivity index (χ1) is 6.24. The highest BCUT2D eigenvalue weighted by atomic mass is 19.1. The van der Waals surface area contributed by atoms with Crippen molar-refractivity contribution in [3.8, 4) is 5.75 Å². The Morgan fingerprint density at radius 3 is 2.38 bits per heavy atom. The molecule has 0 N–H and O–H groups in total. The molecule has 0 bridgehead atoms. The van der Waals surface area contributed by atoms with Gasteiger partial charge in [-0.25, -0.2) is 8.78 Å². The second kappa shape index (κ2) is 6.34. The maximum absolute atomic E-state index is 12.7. The summed E-state index contributed by atoms with van der Waals surface area (Å²) in [6.07, 6.45) is 0. The van der Waals surface area contributed by atoms with Crippen LogP contribution in [0.15, 0.2) is 18.2 Å². The van der Waals surface area contributed by atoms with Crippen LogP contribution in [0, 0.1) is 12.7 Å². The third kappa shape index (κ3) is 3.83. The number of hydrogen-bond donors (Lipinski definition) is 0. The van der Waals surface area contributed by atoms with Gasteiger partial charge in [-0.1, -0.05) is 6.07 Å². The zero-order chi connectivity index (χ0) is 10.3. The molecule has 1 rings (SSSR count). The molecule has 4 heteroatoms. The van der Waals surface area contributed by atoms with Crippen LogP contribution in [0.4, 0.5) is 13.2 Å². The Labute approximate surface area is 75.1 Å². The Balaban J connectivity index is 0.000000671. The van der Waals surface area contributed by atoms with Crippen molar-refractivity contribution in [3.05, 3.63) is 29.6 Å². The van der Waals surface area contributed by atoms with Crippen LogP contribution in [0.2, 0.25) is 0 Å². The predicted molar refractivity (Wildman–Crippen MR) is 44.8 cm³/mol. The second-order valence-electron chi connectivity index (χ2n) is 2.19. The molecule has 74 valence electrons. The summed E-state index contributed by atoms with van der Waals surface area (Å²) in [5.41, 5.74) is 0.786. The fraction of sp³-hybridized carbons (Fsp3) is 0.333. The molecule has 0 fully saturated rings. The first-order valence-electron chi connectivity index (χ1n) is 3.57. The van der Waals surface area contributed by atoms with Crippen LogP contribution in [-0.2, 0) is 0 Å². The van der Waals surface area contributed by atoms with Crippen LogP contribution in [0.1, 0.15) is 5.56 Å². The lowest BCUT2D eigenvalue weighted by molar-refractivity contribution is 0.184. The van der Waals surface area contributed by atoms with Gasteiger partial charge in [-0.05, 0) is 24.6 Å². The smallest absolute Gasteiger partial charge is 0.228 e. The number of hydrogen-bond acceptors (Lipinski definition) is 1. The van der Waals surface area contributed by atoms with Gasteiger partial charge < -0.3 is 4.74 Å². The molecule has 0 aromatic heterocycles. The van der Waals surface area contributed by atoms with Crippen LogP contribution in [0.3, 0.4) is 0 Å². The highest BCUT2D eigenvalue weighted by molar-refractivity contribution is 5.28. The van der Waals surface area contributed by atoms with Gasteiger partial charge >= 0.3 is 0 Å². The van der Waals surface area contributed by atoms with Gasteiger partial charge in [0.1, 0.15) is 0 Å². The van der Waals surface area contributed by atoms with E-state index in [-0.39, 0.29) is 5.75 Å². The number of halogens is 3. The predicted octanol–water partition coefficient (Wildman–Crippen LogP) is 3.03. The lowest BCUT2D eigenvalue weighted by Gasteiger charge is -2.02. The zero-order valence-corrected chi connectivity index (χ0v) is 7.48. The van der Waals surface area contributed by atoms with E-state index in [1.807, 2.05) is 0 Å². The van der Waals surface area contributed by atoms with Crippen LogP contribution in [0.25, 0.3) is 0 Å². The molecule has 13 heavy (non-hydrogen) atoms. The Morgan fingerprint density at radius 1 is 1.31 bits per heavy atom. The summed E-state index contributed by atoms with van der Waals surface area (Å²) in [5, 5.41) is 0. The molecule has 0 spiro atoms. The molecule has 0 amide bonds. The van der Waals surface area contributed by atoms with Gasteiger partial charge in [-0.15, -0.1) is 0 Å². The van der Waals surface area contributed by atoms with Gasteiger partial charge in [0.25, 0.3) is 0 Å². The normalized spacial score (nSPS) is 8.69. The van der Waals surface area contributed by atoms with Crippen LogP contribution in [-0.4, -0.2) is 14.0 Å². The van der Waals surface area contributed by atoms with E-state index < -0.39 is 12.7 Å². The van der Waals surface area contributed by atoms with E-state index in [4.69, 9.17) is 0 Å². The quantitative estimate of drug-likeness (QED) is 0.699. The molecule has 0 aliphatic carbocycles. The minimum atomic E-state index is -1.00. The number of ether oxygens (including phenoxy) is 1. The minimum absolute atomic E-state index is 0.0434. The molecule has 0 saturated heterocycles. The van der Waals surface area contributed by atoms with Gasteiger partial charge in [0, 0.05) is 0 Å². The highest BCUT2D eigenvalue weighted by Crippen LogP contribution is 2.17. The summed E-state index contributed by atoms with van der Waals surface area (Å²) in [4.78, 5) is 0. The maximum Gasteiger partial charge on any atom is 0.228 e. The number of benzene rings is 1. The van der Waals surface area contributed by atoms with Crippen molar-refractivity contribution < 1.29 is 17.9 Å². The van der Waals surface area contributed by atoms with Crippen molar-refractivity contribution in [1.29, 1.82) is 0 Å². The first kappa shape index (κ1) is 11.8. The molecule has 0 saturated carbocycles. The summed E-state index contributed by atoms with van der Waals surface area (Å²) in [7, 11) is 0.500. The Kier molecular flexibility index (Phi) is 5.76. The van der Waals surface area contributed by atoms with Crippen LogP contribution < -0.4 is 4.74 Å². The lowest BCUT2D eigenvalue weighted by Crippen LogP contribution is -1.93. The Morgan fingerprint density at radius 2 is 1.92 bits per heavy atom.